The van der Waals surface area contributed by atoms with Gasteiger partial charge in [0, 0.05) is 45.2 Å². The number of rotatable bonds is 8. The number of nitrogens with zero attached hydrogens (tertiary/aromatic N) is 2. The Labute approximate surface area is 209 Å². The van der Waals surface area contributed by atoms with Crippen molar-refractivity contribution in [2.45, 2.75) is 46.2 Å². The van der Waals surface area contributed by atoms with E-state index in [9.17, 15) is 9.59 Å². The van der Waals surface area contributed by atoms with Crippen molar-refractivity contribution in [2.24, 2.45) is 17.8 Å². The highest BCUT2D eigenvalue weighted by atomic mass is 16.5. The van der Waals surface area contributed by atoms with Gasteiger partial charge in [-0.2, -0.15) is 0 Å². The molecule has 35 heavy (non-hydrogen) atoms. The van der Waals surface area contributed by atoms with Crippen LogP contribution in [0.4, 0.5) is 0 Å². The number of nitrogens with one attached hydrogen (secondary N) is 1. The highest BCUT2D eigenvalue weighted by Crippen LogP contribution is 2.24. The zero-order valence-electron chi connectivity index (χ0n) is 21.1. The van der Waals surface area contributed by atoms with Gasteiger partial charge in [0.05, 0.1) is 0 Å². The summed E-state index contributed by atoms with van der Waals surface area (Å²) in [4.78, 5) is 29.8. The van der Waals surface area contributed by atoms with E-state index in [1.807, 2.05) is 41.3 Å². The minimum absolute atomic E-state index is 0.0250. The molecule has 2 aromatic carbocycles. The van der Waals surface area contributed by atoms with Gasteiger partial charge in [0.15, 0.2) is 6.61 Å². The molecule has 0 saturated carbocycles. The molecule has 6 heteroatoms. The van der Waals surface area contributed by atoms with Crippen molar-refractivity contribution in [3.05, 3.63) is 65.7 Å². The Bertz CT molecular complexity index is 962. The average Bonchev–Trinajstić information content (AvgIpc) is 2.86. The Morgan fingerprint density at radius 2 is 1.54 bits per heavy atom. The first-order valence-electron chi connectivity index (χ1n) is 13.0. The third-order valence-electron chi connectivity index (χ3n) is 7.23. The van der Waals surface area contributed by atoms with Crippen molar-refractivity contribution in [1.29, 1.82) is 0 Å². The maximum Gasteiger partial charge on any atom is 0.260 e. The molecule has 1 N–H and O–H groups in total. The zero-order valence-corrected chi connectivity index (χ0v) is 21.1. The third kappa shape index (κ3) is 7.31. The monoisotopic (exact) mass is 477 g/mol. The Morgan fingerprint density at radius 1 is 0.914 bits per heavy atom. The second kappa shape index (κ2) is 12.2. The molecule has 0 unspecified atom stereocenters. The van der Waals surface area contributed by atoms with Crippen LogP contribution in [0.25, 0.3) is 0 Å². The maximum atomic E-state index is 12.9. The molecular formula is C29H39N3O3. The van der Waals surface area contributed by atoms with Crippen LogP contribution in [0.15, 0.2) is 54.6 Å². The largest absolute Gasteiger partial charge is 0.484 e. The van der Waals surface area contributed by atoms with Crippen LogP contribution < -0.4 is 10.1 Å². The quantitative estimate of drug-likeness (QED) is 0.622. The number of amides is 2. The summed E-state index contributed by atoms with van der Waals surface area (Å²) in [5, 5.41) is 3.17. The van der Waals surface area contributed by atoms with Gasteiger partial charge in [-0.1, -0.05) is 56.3 Å². The van der Waals surface area contributed by atoms with E-state index < -0.39 is 0 Å². The van der Waals surface area contributed by atoms with Crippen LogP contribution in [0.3, 0.4) is 0 Å². The van der Waals surface area contributed by atoms with Crippen LogP contribution in [-0.4, -0.2) is 54.4 Å². The van der Waals surface area contributed by atoms with Gasteiger partial charge < -0.3 is 15.0 Å². The molecule has 2 aromatic rings. The summed E-state index contributed by atoms with van der Waals surface area (Å²) < 4.78 is 5.59. The molecule has 0 aromatic heterocycles. The predicted octanol–water partition coefficient (Wildman–Crippen LogP) is 4.10. The smallest absolute Gasteiger partial charge is 0.260 e. The lowest BCUT2D eigenvalue weighted by Crippen LogP contribution is -2.44. The van der Waals surface area contributed by atoms with Gasteiger partial charge in [-0.05, 0) is 54.4 Å². The van der Waals surface area contributed by atoms with E-state index >= 15 is 0 Å². The third-order valence-corrected chi connectivity index (χ3v) is 7.23. The maximum absolute atomic E-state index is 12.9. The average molecular weight is 478 g/mol. The first kappa shape index (κ1) is 25.2. The molecule has 2 saturated heterocycles. The summed E-state index contributed by atoms with van der Waals surface area (Å²) in [5.74, 6) is 2.17. The number of para-hydroxylation sites is 1. The molecule has 2 aliphatic rings. The second-order valence-electron chi connectivity index (χ2n) is 10.4. The Balaban J connectivity index is 1.22. The molecule has 0 spiro atoms. The van der Waals surface area contributed by atoms with Gasteiger partial charge in [-0.3, -0.25) is 14.5 Å². The van der Waals surface area contributed by atoms with E-state index in [1.165, 1.54) is 17.5 Å². The fourth-order valence-corrected chi connectivity index (χ4v) is 5.52. The molecule has 0 bridgehead atoms. The van der Waals surface area contributed by atoms with Crippen molar-refractivity contribution in [1.82, 2.24) is 15.1 Å². The lowest BCUT2D eigenvalue weighted by Gasteiger charge is -2.35. The van der Waals surface area contributed by atoms with E-state index in [0.717, 1.165) is 31.5 Å². The number of piperidine rings is 2. The predicted molar refractivity (Wildman–Crippen MR) is 138 cm³/mol. The zero-order chi connectivity index (χ0) is 24.6. The molecule has 0 aliphatic carbocycles. The minimum atomic E-state index is -0.0509. The van der Waals surface area contributed by atoms with Crippen LogP contribution >= 0.6 is 0 Å². The summed E-state index contributed by atoms with van der Waals surface area (Å²) in [6.07, 6.45) is 2.68. The van der Waals surface area contributed by atoms with E-state index in [1.54, 1.807) is 0 Å². The van der Waals surface area contributed by atoms with Crippen LogP contribution in [0.2, 0.25) is 0 Å². The number of carbonyl (C=O) groups excluding carboxylic acids is 2. The summed E-state index contributed by atoms with van der Waals surface area (Å²) in [7, 11) is 0. The normalized spacial score (nSPS) is 21.5. The summed E-state index contributed by atoms with van der Waals surface area (Å²) in [6.45, 7) is 9.66. The second-order valence-corrected chi connectivity index (χ2v) is 10.4. The van der Waals surface area contributed by atoms with Crippen LogP contribution in [0.1, 0.15) is 44.2 Å². The number of carbonyl (C=O) groups is 2. The first-order valence-corrected chi connectivity index (χ1v) is 13.0. The Hall–Kier alpha value is -2.86. The van der Waals surface area contributed by atoms with Gasteiger partial charge in [-0.15, -0.1) is 0 Å². The van der Waals surface area contributed by atoms with Crippen molar-refractivity contribution in [2.75, 3.05) is 32.8 Å². The van der Waals surface area contributed by atoms with Gasteiger partial charge in [0.2, 0.25) is 5.91 Å². The summed E-state index contributed by atoms with van der Waals surface area (Å²) in [5.41, 5.74) is 2.49. The van der Waals surface area contributed by atoms with Crippen molar-refractivity contribution < 1.29 is 14.3 Å². The highest BCUT2D eigenvalue weighted by Gasteiger charge is 2.28. The van der Waals surface area contributed by atoms with Gasteiger partial charge in [-0.25, -0.2) is 0 Å². The molecule has 4 rings (SSSR count). The Morgan fingerprint density at radius 3 is 2.23 bits per heavy atom. The van der Waals surface area contributed by atoms with Crippen LogP contribution in [0, 0.1) is 17.8 Å². The van der Waals surface area contributed by atoms with Crippen LogP contribution in [0.5, 0.6) is 5.75 Å². The van der Waals surface area contributed by atoms with Gasteiger partial charge in [0.1, 0.15) is 5.75 Å². The molecule has 2 heterocycles. The van der Waals surface area contributed by atoms with Crippen molar-refractivity contribution >= 4 is 11.8 Å². The number of ether oxygens (including phenoxy) is 1. The lowest BCUT2D eigenvalue weighted by molar-refractivity contribution is -0.137. The summed E-state index contributed by atoms with van der Waals surface area (Å²) in [6, 6.07) is 17.8. The topological polar surface area (TPSA) is 61.9 Å². The standard InChI is InChI=1S/C29H39N3O3/c1-22-16-23(2)19-31(18-22)20-26-9-7-6-8-25(26)17-30-29(34)24-12-14-32(15-13-24)28(33)21-35-27-10-4-3-5-11-27/h3-11,22-24H,12-21H2,1-2H3,(H,30,34)/t22-,23-/m0/s1. The van der Waals surface area contributed by atoms with E-state index in [2.05, 4.69) is 42.3 Å². The van der Waals surface area contributed by atoms with Gasteiger partial charge >= 0.3 is 0 Å². The first-order chi connectivity index (χ1) is 17.0. The number of hydrogen-bond donors (Lipinski definition) is 1. The van der Waals surface area contributed by atoms with Crippen molar-refractivity contribution in [3.63, 3.8) is 0 Å². The van der Waals surface area contributed by atoms with Crippen LogP contribution in [-0.2, 0) is 22.7 Å². The number of benzene rings is 2. The van der Waals surface area contributed by atoms with E-state index in [0.29, 0.717) is 38.2 Å². The fraction of sp³-hybridized carbons (Fsp3) is 0.517. The Kier molecular flexibility index (Phi) is 8.80. The lowest BCUT2D eigenvalue weighted by atomic mass is 9.91. The van der Waals surface area contributed by atoms with Gasteiger partial charge in [0.25, 0.3) is 5.91 Å². The van der Waals surface area contributed by atoms with E-state index in [-0.39, 0.29) is 24.3 Å². The molecule has 2 atom stereocenters. The SMILES string of the molecule is C[C@H]1C[C@H](C)CN(Cc2ccccc2CNC(=O)C2CCN(C(=O)COc3ccccc3)CC2)C1. The van der Waals surface area contributed by atoms with E-state index in [4.69, 9.17) is 4.74 Å². The highest BCUT2D eigenvalue weighted by molar-refractivity contribution is 5.80. The van der Waals surface area contributed by atoms with Crippen molar-refractivity contribution in [3.8, 4) is 5.75 Å². The molecule has 2 amide bonds. The molecular weight excluding hydrogens is 438 g/mol. The number of likely N-dealkylation sites (tertiary alicyclic amines) is 2. The molecule has 188 valence electrons. The molecule has 2 fully saturated rings. The molecule has 6 nitrogen and oxygen atoms in total. The molecule has 0 radical (unpaired) electrons. The molecule has 2 aliphatic heterocycles. The summed E-state index contributed by atoms with van der Waals surface area (Å²) >= 11 is 0. The fourth-order valence-electron chi connectivity index (χ4n) is 5.52. The number of hydrogen-bond acceptors (Lipinski definition) is 4. The minimum Gasteiger partial charge on any atom is -0.484 e.